The van der Waals surface area contributed by atoms with Crippen LogP contribution in [-0.2, 0) is 0 Å². The van der Waals surface area contributed by atoms with Gasteiger partial charge in [0.15, 0.2) is 0 Å². The van der Waals surface area contributed by atoms with Crippen molar-refractivity contribution < 1.29 is 4.74 Å². The Kier molecular flexibility index (Phi) is 2.92. The highest BCUT2D eigenvalue weighted by atomic mass is 35.5. The number of benzene rings is 1. The highest BCUT2D eigenvalue weighted by Gasteiger charge is 2.25. The summed E-state index contributed by atoms with van der Waals surface area (Å²) in [4.78, 5) is 8.93. The van der Waals surface area contributed by atoms with Crippen molar-refractivity contribution in [2.45, 2.75) is 18.8 Å². The van der Waals surface area contributed by atoms with Gasteiger partial charge in [-0.2, -0.15) is 0 Å². The average Bonchev–Trinajstić information content (AvgIpc) is 3.23. The number of ether oxygens (including phenoxy) is 1. The molecule has 3 nitrogen and oxygen atoms in total. The van der Waals surface area contributed by atoms with E-state index in [1.807, 2.05) is 18.3 Å². The average molecular weight is 261 g/mol. The van der Waals surface area contributed by atoms with Gasteiger partial charge in [0.1, 0.15) is 5.75 Å². The normalized spacial score (nSPS) is 14.6. The first kappa shape index (κ1) is 11.5. The zero-order valence-corrected chi connectivity index (χ0v) is 10.8. The molecule has 3 rings (SSSR count). The molecule has 0 radical (unpaired) electrons. The number of hydrogen-bond acceptors (Lipinski definition) is 3. The van der Waals surface area contributed by atoms with Gasteiger partial charge >= 0.3 is 0 Å². The van der Waals surface area contributed by atoms with E-state index in [9.17, 15) is 0 Å². The second kappa shape index (κ2) is 4.58. The Bertz CT molecular complexity index is 565. The number of nitrogens with zero attached hydrogens (tertiary/aromatic N) is 2. The van der Waals surface area contributed by atoms with Crippen molar-refractivity contribution in [2.24, 2.45) is 0 Å². The molecule has 0 atom stereocenters. The first-order valence-corrected chi connectivity index (χ1v) is 6.31. The molecule has 0 spiro atoms. The molecule has 1 aliphatic carbocycles. The summed E-state index contributed by atoms with van der Waals surface area (Å²) in [7, 11) is 1.63. The standard InChI is InChI=1S/C14H13ClN2O/c1-18-14-6-10(15)4-5-11(14)13-8-16-12(7-17-13)9-2-3-9/h4-9H,2-3H2,1H3. The highest BCUT2D eigenvalue weighted by Crippen LogP contribution is 2.39. The van der Waals surface area contributed by atoms with E-state index in [1.165, 1.54) is 12.8 Å². The van der Waals surface area contributed by atoms with E-state index < -0.39 is 0 Å². The Balaban J connectivity index is 1.97. The maximum Gasteiger partial charge on any atom is 0.129 e. The molecule has 1 saturated carbocycles. The van der Waals surface area contributed by atoms with E-state index in [4.69, 9.17) is 16.3 Å². The minimum Gasteiger partial charge on any atom is -0.496 e. The molecule has 92 valence electrons. The van der Waals surface area contributed by atoms with Crippen LogP contribution in [0.5, 0.6) is 5.75 Å². The fourth-order valence-corrected chi connectivity index (χ4v) is 2.11. The Labute approximate surface area is 111 Å². The number of rotatable bonds is 3. The minimum absolute atomic E-state index is 0.624. The van der Waals surface area contributed by atoms with Crippen LogP contribution < -0.4 is 4.74 Å². The lowest BCUT2D eigenvalue weighted by molar-refractivity contribution is 0.416. The third kappa shape index (κ3) is 2.18. The molecule has 0 saturated heterocycles. The number of halogens is 1. The maximum atomic E-state index is 5.94. The van der Waals surface area contributed by atoms with Gasteiger partial charge in [0.05, 0.1) is 24.7 Å². The molecule has 1 heterocycles. The number of hydrogen-bond donors (Lipinski definition) is 0. The zero-order chi connectivity index (χ0) is 12.5. The fourth-order valence-electron chi connectivity index (χ4n) is 1.94. The van der Waals surface area contributed by atoms with Crippen molar-refractivity contribution in [2.75, 3.05) is 7.11 Å². The molecule has 0 amide bonds. The molecule has 0 aliphatic heterocycles. The molecule has 1 aliphatic rings. The van der Waals surface area contributed by atoms with Crippen LogP contribution in [0, 0.1) is 0 Å². The van der Waals surface area contributed by atoms with Crippen molar-refractivity contribution in [1.82, 2.24) is 9.97 Å². The van der Waals surface area contributed by atoms with Gasteiger partial charge in [0.2, 0.25) is 0 Å². The largest absolute Gasteiger partial charge is 0.496 e. The predicted octanol–water partition coefficient (Wildman–Crippen LogP) is 3.68. The third-order valence-corrected chi connectivity index (χ3v) is 3.34. The highest BCUT2D eigenvalue weighted by molar-refractivity contribution is 6.30. The third-order valence-electron chi connectivity index (χ3n) is 3.11. The van der Waals surface area contributed by atoms with Crippen LogP contribution in [0.2, 0.25) is 5.02 Å². The van der Waals surface area contributed by atoms with Crippen molar-refractivity contribution in [3.05, 3.63) is 41.3 Å². The molecule has 2 aromatic rings. The molecular weight excluding hydrogens is 248 g/mol. The second-order valence-electron chi connectivity index (χ2n) is 4.45. The van der Waals surface area contributed by atoms with Gasteiger partial charge in [-0.05, 0) is 31.0 Å². The van der Waals surface area contributed by atoms with Crippen LogP contribution in [-0.4, -0.2) is 17.1 Å². The maximum absolute atomic E-state index is 5.94. The van der Waals surface area contributed by atoms with E-state index in [0.717, 1.165) is 22.7 Å². The molecular formula is C14H13ClN2O. The van der Waals surface area contributed by atoms with Crippen LogP contribution in [0.3, 0.4) is 0 Å². The van der Waals surface area contributed by atoms with Gasteiger partial charge in [0.25, 0.3) is 0 Å². The second-order valence-corrected chi connectivity index (χ2v) is 4.88. The smallest absolute Gasteiger partial charge is 0.129 e. The predicted molar refractivity (Wildman–Crippen MR) is 71.0 cm³/mol. The van der Waals surface area contributed by atoms with Crippen molar-refractivity contribution in [3.63, 3.8) is 0 Å². The molecule has 1 aromatic carbocycles. The van der Waals surface area contributed by atoms with Gasteiger partial charge in [-0.25, -0.2) is 0 Å². The van der Waals surface area contributed by atoms with E-state index in [1.54, 1.807) is 19.4 Å². The summed E-state index contributed by atoms with van der Waals surface area (Å²) < 4.78 is 5.32. The van der Waals surface area contributed by atoms with Crippen LogP contribution >= 0.6 is 11.6 Å². The summed E-state index contributed by atoms with van der Waals surface area (Å²) in [6, 6.07) is 5.52. The monoisotopic (exact) mass is 260 g/mol. The van der Waals surface area contributed by atoms with E-state index in [0.29, 0.717) is 10.9 Å². The summed E-state index contributed by atoms with van der Waals surface area (Å²) in [5.74, 6) is 1.34. The molecule has 0 bridgehead atoms. The van der Waals surface area contributed by atoms with E-state index >= 15 is 0 Å². The van der Waals surface area contributed by atoms with Gasteiger partial charge < -0.3 is 4.74 Å². The zero-order valence-electron chi connectivity index (χ0n) is 10.1. The van der Waals surface area contributed by atoms with Gasteiger partial charge in [-0.1, -0.05) is 11.6 Å². The van der Waals surface area contributed by atoms with Crippen molar-refractivity contribution >= 4 is 11.6 Å². The van der Waals surface area contributed by atoms with Crippen molar-refractivity contribution in [1.29, 1.82) is 0 Å². The Morgan fingerprint density at radius 2 is 2.06 bits per heavy atom. The fraction of sp³-hybridized carbons (Fsp3) is 0.286. The molecule has 0 N–H and O–H groups in total. The SMILES string of the molecule is COc1cc(Cl)ccc1-c1cnc(C2CC2)cn1. The molecule has 1 aromatic heterocycles. The number of methoxy groups -OCH3 is 1. The van der Waals surface area contributed by atoms with Crippen LogP contribution in [0.15, 0.2) is 30.6 Å². The van der Waals surface area contributed by atoms with Gasteiger partial charge in [-0.15, -0.1) is 0 Å². The van der Waals surface area contributed by atoms with E-state index in [-0.39, 0.29) is 0 Å². The minimum atomic E-state index is 0.624. The van der Waals surface area contributed by atoms with Crippen LogP contribution in [0.4, 0.5) is 0 Å². The Morgan fingerprint density at radius 3 is 2.67 bits per heavy atom. The van der Waals surface area contributed by atoms with Crippen LogP contribution in [0.25, 0.3) is 11.3 Å². The Morgan fingerprint density at radius 1 is 1.22 bits per heavy atom. The number of aromatic nitrogens is 2. The summed E-state index contributed by atoms with van der Waals surface area (Å²) in [6.07, 6.45) is 6.14. The molecule has 0 unspecified atom stereocenters. The molecule has 4 heteroatoms. The van der Waals surface area contributed by atoms with Crippen molar-refractivity contribution in [3.8, 4) is 17.0 Å². The lowest BCUT2D eigenvalue weighted by Gasteiger charge is -2.08. The lowest BCUT2D eigenvalue weighted by atomic mass is 10.1. The molecule has 1 fully saturated rings. The van der Waals surface area contributed by atoms with Crippen LogP contribution in [0.1, 0.15) is 24.5 Å². The van der Waals surface area contributed by atoms with E-state index in [2.05, 4.69) is 9.97 Å². The quantitative estimate of drug-likeness (QED) is 0.844. The van der Waals surface area contributed by atoms with Gasteiger partial charge in [-0.3, -0.25) is 9.97 Å². The summed E-state index contributed by atoms with van der Waals surface area (Å²) >= 11 is 5.94. The topological polar surface area (TPSA) is 35.0 Å². The lowest BCUT2D eigenvalue weighted by Crippen LogP contribution is -1.93. The summed E-state index contributed by atoms with van der Waals surface area (Å²) in [5, 5.41) is 0.651. The summed E-state index contributed by atoms with van der Waals surface area (Å²) in [6.45, 7) is 0. The Hall–Kier alpha value is -1.61. The molecule has 18 heavy (non-hydrogen) atoms. The van der Waals surface area contributed by atoms with Gasteiger partial charge in [0, 0.05) is 22.7 Å². The first-order valence-electron chi connectivity index (χ1n) is 5.94. The summed E-state index contributed by atoms with van der Waals surface area (Å²) in [5.41, 5.74) is 2.82. The first-order chi connectivity index (χ1) is 8.78.